The number of rotatable bonds is 44. The molecule has 0 aliphatic carbocycles. The van der Waals surface area contributed by atoms with Crippen LogP contribution in [-0.2, 0) is 141 Å². The van der Waals surface area contributed by atoms with Crippen molar-refractivity contribution in [3.8, 4) is 18.1 Å². The van der Waals surface area contributed by atoms with Crippen LogP contribution in [0.1, 0.15) is 162 Å². The number of carbonyl (C=O) groups excluding carboxylic acids is 10. The molecule has 0 radical (unpaired) electrons. The number of hydrogen-bond donors (Lipinski definition) is 13. The van der Waals surface area contributed by atoms with E-state index in [4.69, 9.17) is 118 Å². The van der Waals surface area contributed by atoms with E-state index in [9.17, 15) is 107 Å². The van der Waals surface area contributed by atoms with Gasteiger partial charge in [-0.3, -0.25) is 59.4 Å². The highest BCUT2D eigenvalue weighted by Crippen LogP contribution is 2.38. The fourth-order valence-electron chi connectivity index (χ4n) is 13.7. The van der Waals surface area contributed by atoms with E-state index < -0.39 is 257 Å². The van der Waals surface area contributed by atoms with Crippen LogP contribution in [0.15, 0.2) is 64.6 Å². The van der Waals surface area contributed by atoms with Gasteiger partial charge in [0.1, 0.15) is 78.5 Å². The standard InChI is InChI=1S/C28H38N4O16S.C22H31NO10S.C20H37N3O11S.C20H39N3O7/c1-14-17(29-22(30-23(33)47-27(2,3)4)31-24(34)48-28(5,6)7)12-19(49(39,40)41)45-20(14)21(18-13-42-25(35)44-18)46-26(36)43-16-10-8-15(9-11-16)32(37)38;1-5-18(31-14(3)24)21(32-15(4)25)20-13(2)17(11-19(33-20)34(27,28)29)23-22(26)30-12-16-9-7-6-8-10-16;1-10-11(8-13(35(29,30)31)32-15(10)14(26)12(25)9-24)21-16(22-17(27)33-19(2,3)4)23-18(28)34-20(5,6)7;1-2-8-25-14-16-29-18-19-30-17-15-26-9-3-20(24)23(6-12-27-10-4-21)7-13-28-11-5-22/h8-11,14,17-21H,12-13H2,1-7H3,(H,39,40,41)(H2,29,30,31,33,34);6-10,13,17-21H,5,11-12H2,1-4H3,(H,23,26)(H,27,28,29);10-15,24-26H,8-9H2,1-7H3,(H,29,30,31)(H2,21,22,23,27,28);1H,3-19,21-22H2/t14-,17+,18-,19+,20-,21-;13-,17+,18-,19+,20-,21-;10-,11+,12-,13-,14-,15-;/m111./s1. The van der Waals surface area contributed by atoms with E-state index in [1.54, 1.807) is 126 Å². The summed E-state index contributed by atoms with van der Waals surface area (Å²) in [7, 11) is -14.5. The molecule has 0 bridgehead atoms. The molecular weight excluding hydrogens is 2040 g/mol. The van der Waals surface area contributed by atoms with E-state index in [1.165, 1.54) is 20.8 Å². The molecule has 4 fully saturated rings. The van der Waals surface area contributed by atoms with Crippen molar-refractivity contribution >= 4 is 109 Å². The van der Waals surface area contributed by atoms with Crippen LogP contribution in [0.3, 0.4) is 0 Å². The first-order valence-corrected chi connectivity index (χ1v) is 51.3. The van der Waals surface area contributed by atoms with Crippen LogP contribution < -0.4 is 42.8 Å². The maximum Gasteiger partial charge on any atom is 0.514 e. The average Bonchev–Trinajstić information content (AvgIpc) is 0.962. The van der Waals surface area contributed by atoms with Crippen molar-refractivity contribution in [1.29, 1.82) is 0 Å². The number of nitro groups is 1. The number of nitrogens with two attached hydrogens (primary N) is 2. The van der Waals surface area contributed by atoms with Gasteiger partial charge >= 0.3 is 54.7 Å². The zero-order valence-electron chi connectivity index (χ0n) is 86.0. The van der Waals surface area contributed by atoms with Crippen LogP contribution in [0.2, 0.25) is 0 Å². The number of amides is 6. The zero-order valence-corrected chi connectivity index (χ0v) is 88.5. The molecule has 6 rings (SSSR count). The molecule has 6 amide bonds. The van der Waals surface area contributed by atoms with Crippen molar-refractivity contribution in [1.82, 2.24) is 31.5 Å². The number of benzene rings is 2. The number of guanidine groups is 2. The summed E-state index contributed by atoms with van der Waals surface area (Å²) in [5.41, 5.74) is 2.00. The Bertz CT molecular complexity index is 4890. The molecule has 2 aromatic rings. The first kappa shape index (κ1) is 131. The summed E-state index contributed by atoms with van der Waals surface area (Å²) in [5, 5.41) is 52.0. The third-order valence-electron chi connectivity index (χ3n) is 20.3. The van der Waals surface area contributed by atoms with Gasteiger partial charge < -0.3 is 132 Å². The molecule has 0 unspecified atom stereocenters. The molecular formula is C90H145N11O44S3. The monoisotopic (exact) mass is 2180 g/mol. The number of aliphatic imine (C=N–C) groups is 2. The van der Waals surface area contributed by atoms with Gasteiger partial charge in [0.15, 0.2) is 34.6 Å². The molecule has 4 saturated heterocycles. The van der Waals surface area contributed by atoms with Crippen molar-refractivity contribution in [2.75, 3.05) is 119 Å². The van der Waals surface area contributed by atoms with Gasteiger partial charge in [0.2, 0.25) is 17.8 Å². The number of carbonyl (C=O) groups is 10. The summed E-state index contributed by atoms with van der Waals surface area (Å²) in [5.74, 6) is -2.51. The Hall–Kier alpha value is -10.8. The number of nitrogens with one attached hydrogen (secondary N) is 5. The lowest BCUT2D eigenvalue weighted by Crippen LogP contribution is -2.59. The van der Waals surface area contributed by atoms with E-state index in [1.807, 2.05) is 6.07 Å². The van der Waals surface area contributed by atoms with Gasteiger partial charge in [0, 0.05) is 95.2 Å². The summed E-state index contributed by atoms with van der Waals surface area (Å²) in [6, 6.07) is 10.2. The molecule has 55 nitrogen and oxygen atoms in total. The van der Waals surface area contributed by atoms with Crippen LogP contribution in [0.25, 0.3) is 0 Å². The number of aliphatic hydroxyl groups excluding tert-OH is 3. The quantitative estimate of drug-likeness (QED) is 0.00412. The molecule has 18 atom stereocenters. The summed E-state index contributed by atoms with van der Waals surface area (Å²) < 4.78 is 207. The molecule has 2 aromatic carbocycles. The van der Waals surface area contributed by atoms with Gasteiger partial charge in [-0.1, -0.05) is 63.9 Å². The van der Waals surface area contributed by atoms with E-state index in [0.29, 0.717) is 105 Å². The van der Waals surface area contributed by atoms with E-state index in [2.05, 4.69) is 42.5 Å². The van der Waals surface area contributed by atoms with Gasteiger partial charge in [0.25, 0.3) is 36.0 Å². The highest BCUT2D eigenvalue weighted by atomic mass is 32.2. The second-order valence-corrected chi connectivity index (χ2v) is 41.8. The zero-order chi connectivity index (χ0) is 112. The smallest absolute Gasteiger partial charge is 0.459 e. The first-order valence-electron chi connectivity index (χ1n) is 46.8. The molecule has 4 aliphatic rings. The summed E-state index contributed by atoms with van der Waals surface area (Å²) in [6.45, 7) is 33.6. The summed E-state index contributed by atoms with van der Waals surface area (Å²) >= 11 is 0. The number of hydrogen-bond acceptors (Lipinski definition) is 45. The number of cyclic esters (lactones) is 2. The van der Waals surface area contributed by atoms with Gasteiger partial charge in [-0.25, -0.2) is 43.5 Å². The number of aliphatic hydroxyl groups is 3. The predicted octanol–water partition coefficient (Wildman–Crippen LogP) is 4.59. The minimum Gasteiger partial charge on any atom is -0.459 e. The molecule has 58 heteroatoms. The lowest BCUT2D eigenvalue weighted by molar-refractivity contribution is -0.384. The summed E-state index contributed by atoms with van der Waals surface area (Å²) in [4.78, 5) is 143. The van der Waals surface area contributed by atoms with Crippen molar-refractivity contribution in [2.45, 2.75) is 275 Å². The minimum atomic E-state index is -4.98. The number of non-ortho nitro benzene ring substituents is 1. The van der Waals surface area contributed by atoms with Crippen LogP contribution >= 0.6 is 0 Å². The van der Waals surface area contributed by atoms with E-state index in [-0.39, 0.29) is 43.2 Å². The fourth-order valence-corrected chi connectivity index (χ4v) is 15.8. The van der Waals surface area contributed by atoms with Gasteiger partial charge in [-0.2, -0.15) is 25.3 Å². The lowest BCUT2D eigenvalue weighted by atomic mass is 9.85. The number of nitrogens with zero attached hydrogens (tertiary/aromatic N) is 4. The Morgan fingerprint density at radius 2 is 0.986 bits per heavy atom. The Morgan fingerprint density at radius 1 is 0.568 bits per heavy atom. The molecule has 148 heavy (non-hydrogen) atoms. The normalized spacial score (nSPS) is 21.4. The van der Waals surface area contributed by atoms with Crippen molar-refractivity contribution < 1.29 is 202 Å². The molecule has 842 valence electrons. The fraction of sp³-hybridized carbons (Fsp3) is 0.711. The van der Waals surface area contributed by atoms with Crippen LogP contribution in [0.5, 0.6) is 5.75 Å². The van der Waals surface area contributed by atoms with E-state index in [0.717, 1.165) is 36.8 Å². The number of alkyl carbamates (subject to hydrolysis) is 5. The third-order valence-corrected chi connectivity index (χ3v) is 23.2. The Kier molecular flexibility index (Phi) is 56.8. The third kappa shape index (κ3) is 53.1. The van der Waals surface area contributed by atoms with Crippen molar-refractivity contribution in [2.24, 2.45) is 39.2 Å². The number of terminal acetylenes is 1. The van der Waals surface area contributed by atoms with Crippen molar-refractivity contribution in [3.05, 3.63) is 70.3 Å². The molecule has 15 N–H and O–H groups in total. The van der Waals surface area contributed by atoms with Crippen LogP contribution in [0, 0.1) is 40.2 Å². The first-order chi connectivity index (χ1) is 68.9. The van der Waals surface area contributed by atoms with Crippen LogP contribution in [0.4, 0.5) is 39.2 Å². The van der Waals surface area contributed by atoms with Gasteiger partial charge in [0.05, 0.1) is 109 Å². The van der Waals surface area contributed by atoms with Gasteiger partial charge in [-0.15, -0.1) is 6.42 Å². The largest absolute Gasteiger partial charge is 0.514 e. The molecule has 0 saturated carbocycles. The number of ether oxygens (including phenoxy) is 20. The maximum absolute atomic E-state index is 12.9. The Morgan fingerprint density at radius 3 is 1.39 bits per heavy atom. The number of esters is 2. The van der Waals surface area contributed by atoms with E-state index >= 15 is 0 Å². The minimum absolute atomic E-state index is 0.00410. The SMILES string of the molecule is C#CCOCCOCCOCCOCCC(=O)N(CCOCCN)CCOCCN.CC[C@@H](OC(C)=O)[C@@H](OC(C)=O)[C@@H]1O[C@@H](S(=O)(=O)O)C[C@H](NC(=O)OCc2ccccc2)[C@H]1C.C[C@H]1[C@H]([C@H](O)[C@H](O)CO)O[C@H](S(=O)(=O)O)C[C@@H]1N=C(NC(=O)OC(C)(C)C)NC(=O)OC(C)(C)C.C[C@H]1[C@H]([C@H](OC(=O)Oc2ccc([N+](=O)[O-])cc2)[C@H]2COC(=O)O2)O[C@@H](S(=O)(=O)O)C[C@@H]1N=C(NC(=O)OC(C)(C)C)NC(=O)OC(C)(C)C. The Balaban J connectivity index is 0.000000517. The molecule has 4 aliphatic heterocycles. The molecule has 0 spiro atoms. The predicted molar refractivity (Wildman–Crippen MR) is 519 cm³/mol. The second kappa shape index (κ2) is 64.0. The topological polar surface area (TPSA) is 762 Å². The number of nitro benzene ring substituents is 1. The maximum atomic E-state index is 12.9. The molecule has 4 heterocycles. The average molecular weight is 2180 g/mol. The summed E-state index contributed by atoms with van der Waals surface area (Å²) in [6.07, 6.45) is -15.7. The lowest BCUT2D eigenvalue weighted by Gasteiger charge is -2.43. The van der Waals surface area contributed by atoms with Gasteiger partial charge in [-0.05, 0) is 107 Å². The highest BCUT2D eigenvalue weighted by molar-refractivity contribution is 7.86. The van der Waals surface area contributed by atoms with Crippen LogP contribution in [-0.4, -0.2) is 367 Å². The highest BCUT2D eigenvalue weighted by Gasteiger charge is 2.53. The van der Waals surface area contributed by atoms with Crippen molar-refractivity contribution in [3.63, 3.8) is 0 Å². The Labute approximate surface area is 859 Å². The molecule has 0 aromatic heterocycles. The second-order valence-electron chi connectivity index (χ2n) is 37.1.